The SMILES string of the molecule is CCCC(CCC(C)c1cc(OC)c(N)cc1CC)C(C)C. The van der Waals surface area contributed by atoms with Crippen molar-refractivity contribution in [1.82, 2.24) is 0 Å². The molecule has 1 aromatic carbocycles. The van der Waals surface area contributed by atoms with Crippen LogP contribution < -0.4 is 10.5 Å². The van der Waals surface area contributed by atoms with E-state index >= 15 is 0 Å². The number of nitrogens with two attached hydrogens (primary N) is 1. The van der Waals surface area contributed by atoms with Crippen LogP contribution >= 0.6 is 0 Å². The Balaban J connectivity index is 2.85. The second-order valence-corrected chi connectivity index (χ2v) is 6.92. The van der Waals surface area contributed by atoms with Crippen molar-refractivity contribution in [2.24, 2.45) is 11.8 Å². The Hall–Kier alpha value is -1.18. The van der Waals surface area contributed by atoms with Gasteiger partial charge in [0.15, 0.2) is 0 Å². The molecule has 0 aromatic heterocycles. The molecule has 2 heteroatoms. The first-order valence-electron chi connectivity index (χ1n) is 8.90. The fourth-order valence-corrected chi connectivity index (χ4v) is 3.40. The molecule has 0 heterocycles. The van der Waals surface area contributed by atoms with Gasteiger partial charge in [0.1, 0.15) is 5.75 Å². The number of rotatable bonds is 9. The van der Waals surface area contributed by atoms with Gasteiger partial charge in [0, 0.05) is 0 Å². The third-order valence-corrected chi connectivity index (χ3v) is 4.98. The Morgan fingerprint density at radius 3 is 2.23 bits per heavy atom. The van der Waals surface area contributed by atoms with Crippen LogP contribution in [-0.4, -0.2) is 7.11 Å². The molecule has 0 aliphatic carbocycles. The van der Waals surface area contributed by atoms with Crippen molar-refractivity contribution in [2.45, 2.75) is 72.6 Å². The van der Waals surface area contributed by atoms with E-state index < -0.39 is 0 Å². The molecule has 22 heavy (non-hydrogen) atoms. The molecule has 126 valence electrons. The van der Waals surface area contributed by atoms with Gasteiger partial charge in [0.05, 0.1) is 12.8 Å². The molecule has 0 aliphatic rings. The largest absolute Gasteiger partial charge is 0.495 e. The lowest BCUT2D eigenvalue weighted by Gasteiger charge is -2.24. The zero-order valence-electron chi connectivity index (χ0n) is 15.4. The zero-order chi connectivity index (χ0) is 16.7. The van der Waals surface area contributed by atoms with Gasteiger partial charge in [0.2, 0.25) is 0 Å². The van der Waals surface area contributed by atoms with Crippen molar-refractivity contribution < 1.29 is 4.74 Å². The Bertz CT molecular complexity index is 453. The molecule has 2 atom stereocenters. The molecule has 2 nitrogen and oxygen atoms in total. The average Bonchev–Trinajstić information content (AvgIpc) is 2.50. The van der Waals surface area contributed by atoms with E-state index in [-0.39, 0.29) is 0 Å². The monoisotopic (exact) mass is 305 g/mol. The summed E-state index contributed by atoms with van der Waals surface area (Å²) in [6.07, 6.45) is 6.20. The molecule has 2 N–H and O–H groups in total. The standard InChI is InChI=1S/C20H35NO/c1-7-9-17(14(3)4)11-10-15(5)18-13-20(22-6)19(21)12-16(18)8-2/h12-15,17H,7-11,21H2,1-6H3. The van der Waals surface area contributed by atoms with Gasteiger partial charge >= 0.3 is 0 Å². The van der Waals surface area contributed by atoms with Crippen molar-refractivity contribution in [3.63, 3.8) is 0 Å². The van der Waals surface area contributed by atoms with Crippen LogP contribution in [0.2, 0.25) is 0 Å². The summed E-state index contributed by atoms with van der Waals surface area (Å²) in [6, 6.07) is 4.25. The number of methoxy groups -OCH3 is 1. The first kappa shape index (κ1) is 18.9. The van der Waals surface area contributed by atoms with E-state index in [9.17, 15) is 0 Å². The van der Waals surface area contributed by atoms with Gasteiger partial charge in [-0.05, 0) is 60.3 Å². The summed E-state index contributed by atoms with van der Waals surface area (Å²) in [4.78, 5) is 0. The Morgan fingerprint density at radius 2 is 1.73 bits per heavy atom. The maximum atomic E-state index is 6.05. The molecular weight excluding hydrogens is 270 g/mol. The highest BCUT2D eigenvalue weighted by molar-refractivity contribution is 5.57. The van der Waals surface area contributed by atoms with E-state index in [0.717, 1.165) is 29.7 Å². The number of anilines is 1. The summed E-state index contributed by atoms with van der Waals surface area (Å²) in [5.41, 5.74) is 9.58. The van der Waals surface area contributed by atoms with Gasteiger partial charge in [-0.25, -0.2) is 0 Å². The number of aryl methyl sites for hydroxylation is 1. The summed E-state index contributed by atoms with van der Waals surface area (Å²) in [6.45, 7) is 11.5. The van der Waals surface area contributed by atoms with Crippen LogP contribution in [0.5, 0.6) is 5.75 Å². The summed E-state index contributed by atoms with van der Waals surface area (Å²) < 4.78 is 5.41. The van der Waals surface area contributed by atoms with Gasteiger partial charge in [-0.1, -0.05) is 47.5 Å². The molecule has 0 spiro atoms. The lowest BCUT2D eigenvalue weighted by molar-refractivity contribution is 0.318. The summed E-state index contributed by atoms with van der Waals surface area (Å²) in [5, 5.41) is 0. The quantitative estimate of drug-likeness (QED) is 0.585. The second kappa shape index (κ2) is 9.07. The fraction of sp³-hybridized carbons (Fsp3) is 0.700. The first-order valence-corrected chi connectivity index (χ1v) is 8.90. The van der Waals surface area contributed by atoms with E-state index in [1.54, 1.807) is 7.11 Å². The minimum atomic E-state index is 0.558. The average molecular weight is 306 g/mol. The molecule has 0 saturated carbocycles. The van der Waals surface area contributed by atoms with Crippen LogP contribution in [-0.2, 0) is 6.42 Å². The van der Waals surface area contributed by atoms with Crippen LogP contribution in [0.4, 0.5) is 5.69 Å². The summed E-state index contributed by atoms with van der Waals surface area (Å²) in [7, 11) is 1.70. The van der Waals surface area contributed by atoms with Crippen LogP contribution in [0, 0.1) is 11.8 Å². The zero-order valence-corrected chi connectivity index (χ0v) is 15.4. The normalized spacial score (nSPS) is 14.1. The molecule has 1 aromatic rings. The molecule has 1 rings (SSSR count). The highest BCUT2D eigenvalue weighted by Gasteiger charge is 2.17. The van der Waals surface area contributed by atoms with Gasteiger partial charge in [-0.2, -0.15) is 0 Å². The van der Waals surface area contributed by atoms with E-state index in [1.807, 2.05) is 0 Å². The van der Waals surface area contributed by atoms with Crippen molar-refractivity contribution in [2.75, 3.05) is 12.8 Å². The van der Waals surface area contributed by atoms with Gasteiger partial charge in [0.25, 0.3) is 0 Å². The molecule has 0 radical (unpaired) electrons. The Kier molecular flexibility index (Phi) is 7.78. The van der Waals surface area contributed by atoms with Crippen molar-refractivity contribution in [3.8, 4) is 5.75 Å². The van der Waals surface area contributed by atoms with Crippen LogP contribution in [0.3, 0.4) is 0 Å². The first-order chi connectivity index (χ1) is 10.4. The van der Waals surface area contributed by atoms with Crippen LogP contribution in [0.25, 0.3) is 0 Å². The molecule has 0 saturated heterocycles. The van der Waals surface area contributed by atoms with Crippen LogP contribution in [0.1, 0.15) is 77.3 Å². The van der Waals surface area contributed by atoms with Gasteiger partial charge < -0.3 is 10.5 Å². The maximum absolute atomic E-state index is 6.05. The van der Waals surface area contributed by atoms with Crippen molar-refractivity contribution >= 4 is 5.69 Å². The van der Waals surface area contributed by atoms with Crippen molar-refractivity contribution in [1.29, 1.82) is 0 Å². The number of nitrogen functional groups attached to an aromatic ring is 1. The van der Waals surface area contributed by atoms with E-state index in [2.05, 4.69) is 46.8 Å². The fourth-order valence-electron chi connectivity index (χ4n) is 3.40. The molecule has 2 unspecified atom stereocenters. The third-order valence-electron chi connectivity index (χ3n) is 4.98. The Labute approximate surface area is 137 Å². The summed E-state index contributed by atoms with van der Waals surface area (Å²) in [5.74, 6) is 2.99. The minimum absolute atomic E-state index is 0.558. The number of hydrogen-bond acceptors (Lipinski definition) is 2. The Morgan fingerprint density at radius 1 is 1.05 bits per heavy atom. The van der Waals surface area contributed by atoms with E-state index in [4.69, 9.17) is 10.5 Å². The van der Waals surface area contributed by atoms with E-state index in [0.29, 0.717) is 5.92 Å². The lowest BCUT2D eigenvalue weighted by Crippen LogP contribution is -2.11. The van der Waals surface area contributed by atoms with Crippen molar-refractivity contribution in [3.05, 3.63) is 23.3 Å². The minimum Gasteiger partial charge on any atom is -0.495 e. The second-order valence-electron chi connectivity index (χ2n) is 6.92. The predicted molar refractivity (Wildman–Crippen MR) is 97.7 cm³/mol. The number of ether oxygens (including phenoxy) is 1. The molecule has 0 fully saturated rings. The van der Waals surface area contributed by atoms with Crippen LogP contribution in [0.15, 0.2) is 12.1 Å². The molecular formula is C20H35NO. The highest BCUT2D eigenvalue weighted by atomic mass is 16.5. The summed E-state index contributed by atoms with van der Waals surface area (Å²) >= 11 is 0. The number of hydrogen-bond donors (Lipinski definition) is 1. The van der Waals surface area contributed by atoms with Gasteiger partial charge in [-0.15, -0.1) is 0 Å². The topological polar surface area (TPSA) is 35.2 Å². The predicted octanol–water partition coefficient (Wildman–Crippen LogP) is 5.80. The van der Waals surface area contributed by atoms with E-state index in [1.165, 1.54) is 36.8 Å². The molecule has 0 aliphatic heterocycles. The third kappa shape index (κ3) is 4.93. The van der Waals surface area contributed by atoms with Gasteiger partial charge in [-0.3, -0.25) is 0 Å². The number of benzene rings is 1. The highest BCUT2D eigenvalue weighted by Crippen LogP contribution is 2.34. The smallest absolute Gasteiger partial charge is 0.142 e. The molecule has 0 bridgehead atoms. The molecule has 0 amide bonds. The maximum Gasteiger partial charge on any atom is 0.142 e. The lowest BCUT2D eigenvalue weighted by atomic mass is 9.82.